The Morgan fingerprint density at radius 2 is 1.32 bits per heavy atom. The van der Waals surface area contributed by atoms with Crippen LogP contribution in [0.5, 0.6) is 17.2 Å². The average molecular weight is 301 g/mol. The molecular weight excluding hydrogens is 278 g/mol. The Morgan fingerprint density at radius 3 is 1.82 bits per heavy atom. The quantitative estimate of drug-likeness (QED) is 0.785. The first-order valence-corrected chi connectivity index (χ1v) is 7.19. The SMILES string of the molecule is COc1cc(CN(C)Cc2ccccc2)cc(OC)c1OC. The van der Waals surface area contributed by atoms with Crippen LogP contribution in [0.25, 0.3) is 0 Å². The Balaban J connectivity index is 2.15. The van der Waals surface area contributed by atoms with Crippen molar-refractivity contribution in [2.45, 2.75) is 13.1 Å². The number of ether oxygens (including phenoxy) is 3. The van der Waals surface area contributed by atoms with E-state index in [-0.39, 0.29) is 0 Å². The first kappa shape index (κ1) is 16.2. The van der Waals surface area contributed by atoms with Gasteiger partial charge >= 0.3 is 0 Å². The molecule has 118 valence electrons. The van der Waals surface area contributed by atoms with Crippen molar-refractivity contribution >= 4 is 0 Å². The minimum atomic E-state index is 0.625. The minimum absolute atomic E-state index is 0.625. The molecule has 0 fully saturated rings. The zero-order valence-electron chi connectivity index (χ0n) is 13.6. The van der Waals surface area contributed by atoms with E-state index in [0.29, 0.717) is 17.2 Å². The Hall–Kier alpha value is -2.20. The highest BCUT2D eigenvalue weighted by Gasteiger charge is 2.14. The van der Waals surface area contributed by atoms with Gasteiger partial charge in [0.15, 0.2) is 11.5 Å². The van der Waals surface area contributed by atoms with Crippen molar-refractivity contribution in [1.29, 1.82) is 0 Å². The van der Waals surface area contributed by atoms with Crippen LogP contribution in [0, 0.1) is 0 Å². The molecule has 4 heteroatoms. The standard InChI is InChI=1S/C18H23NO3/c1-19(12-14-8-6-5-7-9-14)13-15-10-16(20-2)18(22-4)17(11-15)21-3/h5-11H,12-13H2,1-4H3. The lowest BCUT2D eigenvalue weighted by atomic mass is 10.1. The first-order valence-electron chi connectivity index (χ1n) is 7.19. The van der Waals surface area contributed by atoms with Gasteiger partial charge < -0.3 is 14.2 Å². The van der Waals surface area contributed by atoms with Crippen LogP contribution in [0.4, 0.5) is 0 Å². The molecule has 0 aliphatic heterocycles. The van der Waals surface area contributed by atoms with Gasteiger partial charge in [-0.05, 0) is 30.3 Å². The van der Waals surface area contributed by atoms with Crippen LogP contribution in [0.2, 0.25) is 0 Å². The van der Waals surface area contributed by atoms with Gasteiger partial charge in [-0.25, -0.2) is 0 Å². The van der Waals surface area contributed by atoms with Crippen LogP contribution in [0.3, 0.4) is 0 Å². The second kappa shape index (κ2) is 7.71. The monoisotopic (exact) mass is 301 g/mol. The fraction of sp³-hybridized carbons (Fsp3) is 0.333. The van der Waals surface area contributed by atoms with Crippen LogP contribution in [-0.2, 0) is 13.1 Å². The van der Waals surface area contributed by atoms with Gasteiger partial charge in [-0.15, -0.1) is 0 Å². The summed E-state index contributed by atoms with van der Waals surface area (Å²) in [4.78, 5) is 2.25. The molecule has 0 aliphatic carbocycles. The van der Waals surface area contributed by atoms with Crippen LogP contribution >= 0.6 is 0 Å². The van der Waals surface area contributed by atoms with Crippen molar-refractivity contribution in [3.63, 3.8) is 0 Å². The molecule has 2 aromatic rings. The van der Waals surface area contributed by atoms with Crippen molar-refractivity contribution in [3.8, 4) is 17.2 Å². The molecular formula is C18H23NO3. The topological polar surface area (TPSA) is 30.9 Å². The second-order valence-corrected chi connectivity index (χ2v) is 5.19. The smallest absolute Gasteiger partial charge is 0.203 e. The van der Waals surface area contributed by atoms with Crippen molar-refractivity contribution < 1.29 is 14.2 Å². The van der Waals surface area contributed by atoms with E-state index in [0.717, 1.165) is 18.7 Å². The molecule has 0 spiro atoms. The number of hydrogen-bond acceptors (Lipinski definition) is 4. The van der Waals surface area contributed by atoms with E-state index in [4.69, 9.17) is 14.2 Å². The van der Waals surface area contributed by atoms with Gasteiger partial charge in [-0.2, -0.15) is 0 Å². The summed E-state index contributed by atoms with van der Waals surface area (Å²) in [5.41, 5.74) is 2.41. The van der Waals surface area contributed by atoms with E-state index >= 15 is 0 Å². The van der Waals surface area contributed by atoms with E-state index in [1.807, 2.05) is 18.2 Å². The number of nitrogens with zero attached hydrogens (tertiary/aromatic N) is 1. The molecule has 0 atom stereocenters. The van der Waals surface area contributed by atoms with Crippen LogP contribution in [0.1, 0.15) is 11.1 Å². The molecule has 0 bridgehead atoms. The van der Waals surface area contributed by atoms with Crippen LogP contribution < -0.4 is 14.2 Å². The normalized spacial score (nSPS) is 10.6. The first-order chi connectivity index (χ1) is 10.7. The second-order valence-electron chi connectivity index (χ2n) is 5.19. The maximum atomic E-state index is 5.40. The molecule has 22 heavy (non-hydrogen) atoms. The van der Waals surface area contributed by atoms with E-state index in [9.17, 15) is 0 Å². The molecule has 0 unspecified atom stereocenters. The van der Waals surface area contributed by atoms with Gasteiger partial charge in [0.25, 0.3) is 0 Å². The van der Waals surface area contributed by atoms with Gasteiger partial charge in [0, 0.05) is 13.1 Å². The summed E-state index contributed by atoms with van der Waals surface area (Å²) < 4.78 is 16.1. The third-order valence-corrected chi connectivity index (χ3v) is 3.47. The molecule has 0 radical (unpaired) electrons. The predicted molar refractivity (Wildman–Crippen MR) is 87.7 cm³/mol. The Morgan fingerprint density at radius 1 is 0.773 bits per heavy atom. The van der Waals surface area contributed by atoms with E-state index < -0.39 is 0 Å². The molecule has 2 rings (SSSR count). The molecule has 0 heterocycles. The van der Waals surface area contributed by atoms with Crippen molar-refractivity contribution in [2.24, 2.45) is 0 Å². The summed E-state index contributed by atoms with van der Waals surface area (Å²) in [6, 6.07) is 14.4. The Bertz CT molecular complexity index is 574. The third kappa shape index (κ3) is 3.92. The van der Waals surface area contributed by atoms with Gasteiger partial charge in [-0.1, -0.05) is 30.3 Å². The van der Waals surface area contributed by atoms with Crippen molar-refractivity contribution in [3.05, 3.63) is 53.6 Å². The number of methoxy groups -OCH3 is 3. The van der Waals surface area contributed by atoms with E-state index in [1.165, 1.54) is 5.56 Å². The lowest BCUT2D eigenvalue weighted by Crippen LogP contribution is -2.17. The number of hydrogen-bond donors (Lipinski definition) is 0. The predicted octanol–water partition coefficient (Wildman–Crippen LogP) is 3.34. The summed E-state index contributed by atoms with van der Waals surface area (Å²) in [6.07, 6.45) is 0. The lowest BCUT2D eigenvalue weighted by molar-refractivity contribution is 0.309. The highest BCUT2D eigenvalue weighted by molar-refractivity contribution is 5.53. The Labute approximate surface area is 132 Å². The molecule has 2 aromatic carbocycles. The number of rotatable bonds is 7. The fourth-order valence-corrected chi connectivity index (χ4v) is 2.49. The van der Waals surface area contributed by atoms with E-state index in [2.05, 4.69) is 36.2 Å². The third-order valence-electron chi connectivity index (χ3n) is 3.47. The highest BCUT2D eigenvalue weighted by Crippen LogP contribution is 2.38. The summed E-state index contributed by atoms with van der Waals surface area (Å²) in [5, 5.41) is 0. The molecule has 0 saturated heterocycles. The fourth-order valence-electron chi connectivity index (χ4n) is 2.49. The molecule has 0 amide bonds. The molecule has 0 N–H and O–H groups in total. The zero-order valence-corrected chi connectivity index (χ0v) is 13.6. The summed E-state index contributed by atoms with van der Waals surface area (Å²) in [7, 11) is 6.97. The largest absolute Gasteiger partial charge is 0.493 e. The van der Waals surface area contributed by atoms with Crippen LogP contribution in [0.15, 0.2) is 42.5 Å². The minimum Gasteiger partial charge on any atom is -0.493 e. The lowest BCUT2D eigenvalue weighted by Gasteiger charge is -2.19. The average Bonchev–Trinajstić information content (AvgIpc) is 2.54. The Kier molecular flexibility index (Phi) is 5.67. The maximum Gasteiger partial charge on any atom is 0.203 e. The van der Waals surface area contributed by atoms with Crippen molar-refractivity contribution in [1.82, 2.24) is 4.90 Å². The summed E-state index contributed by atoms with van der Waals surface area (Å²) in [5.74, 6) is 1.99. The summed E-state index contributed by atoms with van der Waals surface area (Å²) >= 11 is 0. The van der Waals surface area contributed by atoms with Crippen molar-refractivity contribution in [2.75, 3.05) is 28.4 Å². The maximum absolute atomic E-state index is 5.40. The highest BCUT2D eigenvalue weighted by atomic mass is 16.5. The molecule has 4 nitrogen and oxygen atoms in total. The molecule has 0 aliphatic rings. The van der Waals surface area contributed by atoms with Crippen LogP contribution in [-0.4, -0.2) is 33.3 Å². The van der Waals surface area contributed by atoms with E-state index in [1.54, 1.807) is 21.3 Å². The van der Waals surface area contributed by atoms with Gasteiger partial charge in [0.05, 0.1) is 21.3 Å². The van der Waals surface area contributed by atoms with Gasteiger partial charge in [0.2, 0.25) is 5.75 Å². The summed E-state index contributed by atoms with van der Waals surface area (Å²) in [6.45, 7) is 1.68. The number of benzene rings is 2. The molecule has 0 aromatic heterocycles. The zero-order chi connectivity index (χ0) is 15.9. The molecule has 0 saturated carbocycles. The van der Waals surface area contributed by atoms with Gasteiger partial charge in [0.1, 0.15) is 0 Å². The van der Waals surface area contributed by atoms with Gasteiger partial charge in [-0.3, -0.25) is 4.90 Å².